The fraction of sp³-hybridized carbons (Fsp3) is 0.360. The molecule has 7 nitrogen and oxygen atoms in total. The Morgan fingerprint density at radius 2 is 2.06 bits per heavy atom. The number of nitrogens with zero attached hydrogens (tertiary/aromatic N) is 4. The van der Waals surface area contributed by atoms with E-state index in [0.717, 1.165) is 29.7 Å². The molecule has 1 unspecified atom stereocenters. The number of nitriles is 1. The van der Waals surface area contributed by atoms with Crippen LogP contribution in [0.15, 0.2) is 48.0 Å². The molecule has 1 atom stereocenters. The van der Waals surface area contributed by atoms with Gasteiger partial charge in [-0.3, -0.25) is 14.9 Å². The number of anilines is 1. The molecule has 0 saturated carbocycles. The highest BCUT2D eigenvalue weighted by Gasteiger charge is 2.32. The van der Waals surface area contributed by atoms with Crippen LogP contribution < -0.4 is 5.32 Å². The van der Waals surface area contributed by atoms with Gasteiger partial charge in [0.25, 0.3) is 18.2 Å². The third kappa shape index (κ3) is 5.25. The zero-order chi connectivity index (χ0) is 25.1. The largest absolute Gasteiger partial charge is 0.333 e. The molecule has 1 aliphatic rings. The highest BCUT2D eigenvalue weighted by atomic mass is 32.1. The van der Waals surface area contributed by atoms with Gasteiger partial charge in [-0.1, -0.05) is 32.1 Å². The van der Waals surface area contributed by atoms with Crippen LogP contribution in [0.3, 0.4) is 0 Å². The zero-order valence-corrected chi connectivity index (χ0v) is 20.2. The van der Waals surface area contributed by atoms with Crippen LogP contribution in [0.25, 0.3) is 11.0 Å². The molecule has 1 N–H and O–H groups in total. The minimum atomic E-state index is -2.64. The molecule has 0 radical (unpaired) electrons. The number of amides is 2. The van der Waals surface area contributed by atoms with Crippen LogP contribution in [0.5, 0.6) is 0 Å². The van der Waals surface area contributed by atoms with Crippen molar-refractivity contribution >= 4 is 40.1 Å². The van der Waals surface area contributed by atoms with Crippen LogP contribution in [0, 0.1) is 17.2 Å². The van der Waals surface area contributed by atoms with E-state index < -0.39 is 12.3 Å². The van der Waals surface area contributed by atoms with Gasteiger partial charge in [0, 0.05) is 13.1 Å². The molecule has 3 heterocycles. The predicted octanol–water partition coefficient (Wildman–Crippen LogP) is 5.38. The second-order valence-electron chi connectivity index (χ2n) is 8.72. The molecule has 1 saturated heterocycles. The van der Waals surface area contributed by atoms with Gasteiger partial charge < -0.3 is 9.47 Å². The van der Waals surface area contributed by atoms with Crippen molar-refractivity contribution in [3.05, 3.63) is 57.8 Å². The van der Waals surface area contributed by atoms with Crippen LogP contribution in [0.2, 0.25) is 0 Å². The molecule has 3 aromatic rings. The van der Waals surface area contributed by atoms with E-state index in [4.69, 9.17) is 0 Å². The maximum atomic E-state index is 13.1. The molecule has 182 valence electrons. The Balaban J connectivity index is 1.62. The first kappa shape index (κ1) is 24.5. The monoisotopic (exact) mass is 497 g/mol. The van der Waals surface area contributed by atoms with Crippen molar-refractivity contribution in [1.82, 2.24) is 14.5 Å². The number of hydrogen-bond donors (Lipinski definition) is 1. The normalized spacial score (nSPS) is 16.3. The van der Waals surface area contributed by atoms with E-state index in [1.54, 1.807) is 11.0 Å². The maximum absolute atomic E-state index is 13.1. The zero-order valence-electron chi connectivity index (χ0n) is 19.4. The Morgan fingerprint density at radius 3 is 2.74 bits per heavy atom. The van der Waals surface area contributed by atoms with Crippen molar-refractivity contribution in [1.29, 1.82) is 5.26 Å². The van der Waals surface area contributed by atoms with Gasteiger partial charge in [-0.15, -0.1) is 11.3 Å². The average Bonchev–Trinajstić information content (AvgIpc) is 3.56. The first-order valence-corrected chi connectivity index (χ1v) is 12.2. The smallest absolute Gasteiger partial charge is 0.272 e. The number of halogens is 2. The number of para-hydroxylation sites is 2. The Morgan fingerprint density at radius 1 is 1.29 bits per heavy atom. The van der Waals surface area contributed by atoms with Gasteiger partial charge in [-0.2, -0.15) is 5.26 Å². The summed E-state index contributed by atoms with van der Waals surface area (Å²) in [6, 6.07) is 11.8. The fourth-order valence-electron chi connectivity index (χ4n) is 4.26. The Bertz CT molecular complexity index is 1320. The van der Waals surface area contributed by atoms with Gasteiger partial charge in [0.1, 0.15) is 11.6 Å². The molecule has 4 rings (SSSR count). The lowest BCUT2D eigenvalue weighted by Crippen LogP contribution is -2.39. The minimum absolute atomic E-state index is 0.0666. The maximum Gasteiger partial charge on any atom is 0.272 e. The summed E-state index contributed by atoms with van der Waals surface area (Å²) in [5, 5.41) is 12.3. The molecule has 1 fully saturated rings. The van der Waals surface area contributed by atoms with E-state index in [1.807, 2.05) is 48.7 Å². The topological polar surface area (TPSA) is 91.0 Å². The summed E-state index contributed by atoms with van der Waals surface area (Å²) < 4.78 is 27.8. The summed E-state index contributed by atoms with van der Waals surface area (Å²) in [6.45, 7) is 4.74. The second kappa shape index (κ2) is 10.4. The highest BCUT2D eigenvalue weighted by molar-refractivity contribution is 7.14. The molecular formula is C25H25F2N5O2S. The summed E-state index contributed by atoms with van der Waals surface area (Å²) in [4.78, 5) is 32.2. The molecular weight excluding hydrogens is 472 g/mol. The first-order chi connectivity index (χ1) is 16.8. The number of nitrogens with one attached hydrogen (secondary N) is 1. The van der Waals surface area contributed by atoms with Gasteiger partial charge in [0.05, 0.1) is 26.8 Å². The second-order valence-corrected chi connectivity index (χ2v) is 9.84. The van der Waals surface area contributed by atoms with E-state index in [2.05, 4.69) is 10.3 Å². The third-order valence-electron chi connectivity index (χ3n) is 5.83. The van der Waals surface area contributed by atoms with Crippen molar-refractivity contribution in [3.8, 4) is 6.07 Å². The number of hydrogen-bond acceptors (Lipinski definition) is 5. The molecule has 2 aromatic heterocycles. The number of allylic oxidation sites excluding steroid dienone is 1. The van der Waals surface area contributed by atoms with Crippen LogP contribution in [0.4, 0.5) is 14.7 Å². The van der Waals surface area contributed by atoms with E-state index >= 15 is 0 Å². The summed E-state index contributed by atoms with van der Waals surface area (Å²) in [7, 11) is 0. The summed E-state index contributed by atoms with van der Waals surface area (Å²) in [5.41, 5.74) is 1.57. The number of alkyl halides is 2. The Labute approximate surface area is 205 Å². The molecule has 0 bridgehead atoms. The molecule has 35 heavy (non-hydrogen) atoms. The summed E-state index contributed by atoms with van der Waals surface area (Å²) in [5.74, 6) is -0.473. The first-order valence-electron chi connectivity index (χ1n) is 11.4. The number of fused-ring (bicyclic) bond motifs is 1. The number of aromatic nitrogens is 2. The minimum Gasteiger partial charge on any atom is -0.333 e. The van der Waals surface area contributed by atoms with E-state index in [1.165, 1.54) is 12.1 Å². The standard InChI is InChI=1S/C25H25F2N5O2S/c1-15(2)12-16(13-28)24(34)31-11-5-6-17(31)14-32-19-8-4-3-7-18(19)29-25(32)30-23(33)21-10-9-20(35-21)22(26)27/h3-4,7-10,12,15,17,22H,5-6,11,14H2,1-2H3,(H,29,30,33). The van der Waals surface area contributed by atoms with Crippen molar-refractivity contribution in [2.24, 2.45) is 5.92 Å². The van der Waals surface area contributed by atoms with Crippen LogP contribution >= 0.6 is 11.3 Å². The molecule has 1 aliphatic heterocycles. The summed E-state index contributed by atoms with van der Waals surface area (Å²) in [6.07, 6.45) is 0.579. The van der Waals surface area contributed by atoms with Crippen LogP contribution in [0.1, 0.15) is 47.7 Å². The molecule has 0 spiro atoms. The predicted molar refractivity (Wildman–Crippen MR) is 130 cm³/mol. The van der Waals surface area contributed by atoms with Gasteiger partial charge in [-0.05, 0) is 43.0 Å². The number of carbonyl (C=O) groups is 2. The number of likely N-dealkylation sites (tertiary alicyclic amines) is 1. The fourth-order valence-corrected chi connectivity index (χ4v) is 5.02. The van der Waals surface area contributed by atoms with E-state index in [9.17, 15) is 23.6 Å². The SMILES string of the molecule is CC(C)C=C(C#N)C(=O)N1CCCC1Cn1c(NC(=O)c2ccc(C(F)F)s2)nc2ccccc21. The van der Waals surface area contributed by atoms with Crippen molar-refractivity contribution in [3.63, 3.8) is 0 Å². The lowest BCUT2D eigenvalue weighted by Gasteiger charge is -2.26. The average molecular weight is 498 g/mol. The molecule has 0 aliphatic carbocycles. The van der Waals surface area contributed by atoms with Gasteiger partial charge in [0.15, 0.2) is 0 Å². The molecule has 2 amide bonds. The van der Waals surface area contributed by atoms with Crippen molar-refractivity contribution in [2.45, 2.75) is 45.7 Å². The highest BCUT2D eigenvalue weighted by Crippen LogP contribution is 2.29. The van der Waals surface area contributed by atoms with E-state index in [-0.39, 0.29) is 39.1 Å². The summed E-state index contributed by atoms with van der Waals surface area (Å²) >= 11 is 0.740. The Kier molecular flexibility index (Phi) is 7.26. The number of carbonyl (C=O) groups excluding carboxylic acids is 2. The van der Waals surface area contributed by atoms with Crippen molar-refractivity contribution < 1.29 is 18.4 Å². The number of thiophene rings is 1. The lowest BCUT2D eigenvalue weighted by molar-refractivity contribution is -0.127. The molecule has 10 heteroatoms. The van der Waals surface area contributed by atoms with E-state index in [0.29, 0.717) is 18.6 Å². The van der Waals surface area contributed by atoms with Crippen LogP contribution in [-0.2, 0) is 11.3 Å². The lowest BCUT2D eigenvalue weighted by atomic mass is 10.1. The third-order valence-corrected chi connectivity index (χ3v) is 6.92. The Hall–Kier alpha value is -3.58. The van der Waals surface area contributed by atoms with Crippen molar-refractivity contribution in [2.75, 3.05) is 11.9 Å². The van der Waals surface area contributed by atoms with Crippen LogP contribution in [-0.4, -0.2) is 38.9 Å². The quantitative estimate of drug-likeness (QED) is 0.350. The number of rotatable bonds is 7. The van der Waals surface area contributed by atoms with Gasteiger partial charge >= 0.3 is 0 Å². The molecule has 1 aromatic carbocycles. The van der Waals surface area contributed by atoms with Gasteiger partial charge in [0.2, 0.25) is 5.95 Å². The number of benzene rings is 1. The van der Waals surface area contributed by atoms with Gasteiger partial charge in [-0.25, -0.2) is 13.8 Å². The number of imidazole rings is 1.